The van der Waals surface area contributed by atoms with E-state index in [9.17, 15) is 22.0 Å². The topological polar surface area (TPSA) is 72.9 Å². The van der Waals surface area contributed by atoms with Gasteiger partial charge in [0.1, 0.15) is 5.60 Å². The maximum atomic E-state index is 14.9. The van der Waals surface area contributed by atoms with Gasteiger partial charge in [0.2, 0.25) is 0 Å². The first-order valence-electron chi connectivity index (χ1n) is 11.6. The molecular weight excluding hydrogens is 476 g/mol. The number of hydrogen-bond donors (Lipinski definition) is 0. The highest BCUT2D eigenvalue weighted by Gasteiger charge is 2.52. The molecule has 3 atom stereocenters. The Labute approximate surface area is 205 Å². The van der Waals surface area contributed by atoms with Crippen LogP contribution in [0.15, 0.2) is 41.3 Å². The molecule has 2 aliphatic rings. The highest BCUT2D eigenvalue weighted by Crippen LogP contribution is 2.50. The summed E-state index contributed by atoms with van der Waals surface area (Å²) < 4.78 is 64.4. The van der Waals surface area contributed by atoms with Crippen LogP contribution < -0.4 is 4.74 Å². The minimum absolute atomic E-state index is 0.132. The van der Waals surface area contributed by atoms with Crippen molar-refractivity contribution in [3.63, 3.8) is 0 Å². The van der Waals surface area contributed by atoms with E-state index in [1.807, 2.05) is 20.8 Å². The summed E-state index contributed by atoms with van der Waals surface area (Å²) in [6.45, 7) is 8.59. The molecule has 35 heavy (non-hydrogen) atoms. The number of carbonyl (C=O) groups is 1. The van der Waals surface area contributed by atoms with Crippen molar-refractivity contribution in [1.29, 1.82) is 0 Å². The SMILES string of the molecule is CC(C)(C)OC(=O)N1CC2C[C@@H](Oc3c(F)cc(-c4ccc(S(C)(=O)=O)cc4)cc3F)C[C@@]2(C)C1. The summed E-state index contributed by atoms with van der Waals surface area (Å²) in [4.78, 5) is 14.3. The van der Waals surface area contributed by atoms with E-state index in [0.29, 0.717) is 31.5 Å². The van der Waals surface area contributed by atoms with Gasteiger partial charge in [-0.3, -0.25) is 0 Å². The van der Waals surface area contributed by atoms with Crippen LogP contribution in [0.3, 0.4) is 0 Å². The maximum absolute atomic E-state index is 14.9. The lowest BCUT2D eigenvalue weighted by Crippen LogP contribution is -2.37. The number of sulfone groups is 1. The zero-order valence-corrected chi connectivity index (χ0v) is 21.4. The van der Waals surface area contributed by atoms with Gasteiger partial charge in [-0.25, -0.2) is 22.0 Å². The summed E-state index contributed by atoms with van der Waals surface area (Å²) in [5, 5.41) is 0. The Kier molecular flexibility index (Phi) is 6.36. The van der Waals surface area contributed by atoms with Crippen molar-refractivity contribution in [2.75, 3.05) is 19.3 Å². The van der Waals surface area contributed by atoms with Crippen molar-refractivity contribution in [3.8, 4) is 16.9 Å². The summed E-state index contributed by atoms with van der Waals surface area (Å²) in [6.07, 6.45) is 1.55. The molecule has 4 rings (SSSR count). The number of nitrogens with zero attached hydrogens (tertiary/aromatic N) is 1. The number of hydrogen-bond acceptors (Lipinski definition) is 5. The fraction of sp³-hybridized carbons (Fsp3) is 0.500. The third kappa shape index (κ3) is 5.44. The molecule has 1 unspecified atom stereocenters. The first-order valence-corrected chi connectivity index (χ1v) is 13.5. The second kappa shape index (κ2) is 8.76. The van der Waals surface area contributed by atoms with Crippen molar-refractivity contribution < 1.29 is 31.5 Å². The predicted molar refractivity (Wildman–Crippen MR) is 128 cm³/mol. The standard InChI is InChI=1S/C26H31F2NO5S/c1-25(2,3)34-24(30)29-14-18-12-19(13-26(18,4)15-29)33-23-21(27)10-17(11-22(23)28)16-6-8-20(9-7-16)35(5,31)32/h6-11,18-19H,12-15H2,1-5H3/t18?,19-,26+/m1/s1. The van der Waals surface area contributed by atoms with Crippen LogP contribution in [0.25, 0.3) is 11.1 Å². The van der Waals surface area contributed by atoms with Crippen molar-refractivity contribution >= 4 is 15.9 Å². The predicted octanol–water partition coefficient (Wildman–Crippen LogP) is 5.45. The summed E-state index contributed by atoms with van der Waals surface area (Å²) in [7, 11) is -3.36. The molecule has 1 aliphatic carbocycles. The highest BCUT2D eigenvalue weighted by atomic mass is 32.2. The molecule has 0 N–H and O–H groups in total. The Bertz CT molecular complexity index is 1220. The molecule has 0 spiro atoms. The molecular formula is C26H31F2NO5S. The van der Waals surface area contributed by atoms with E-state index in [2.05, 4.69) is 6.92 Å². The average Bonchev–Trinajstić information content (AvgIpc) is 3.20. The van der Waals surface area contributed by atoms with Gasteiger partial charge in [0.25, 0.3) is 0 Å². The zero-order chi connectivity index (χ0) is 25.8. The third-order valence-corrected chi connectivity index (χ3v) is 7.90. The van der Waals surface area contributed by atoms with Gasteiger partial charge in [0.05, 0.1) is 11.0 Å². The van der Waals surface area contributed by atoms with E-state index in [1.54, 1.807) is 4.90 Å². The first-order chi connectivity index (χ1) is 16.1. The van der Waals surface area contributed by atoms with Crippen LogP contribution in [0.4, 0.5) is 13.6 Å². The molecule has 0 radical (unpaired) electrons. The van der Waals surface area contributed by atoms with Gasteiger partial charge in [-0.2, -0.15) is 0 Å². The number of benzene rings is 2. The Hall–Kier alpha value is -2.68. The van der Waals surface area contributed by atoms with Crippen LogP contribution in [0, 0.1) is 23.0 Å². The largest absolute Gasteiger partial charge is 0.484 e. The minimum atomic E-state index is -3.36. The van der Waals surface area contributed by atoms with E-state index in [0.717, 1.165) is 6.26 Å². The maximum Gasteiger partial charge on any atom is 0.410 e. The Balaban J connectivity index is 1.44. The van der Waals surface area contributed by atoms with Crippen LogP contribution in [-0.4, -0.2) is 50.5 Å². The smallest absolute Gasteiger partial charge is 0.410 e. The van der Waals surface area contributed by atoms with Crippen LogP contribution in [0.1, 0.15) is 40.5 Å². The number of halogens is 2. The van der Waals surface area contributed by atoms with Gasteiger partial charge in [-0.15, -0.1) is 0 Å². The molecule has 0 aromatic heterocycles. The second-order valence-corrected chi connectivity index (χ2v) is 13.0. The molecule has 6 nitrogen and oxygen atoms in total. The lowest BCUT2D eigenvalue weighted by atomic mass is 9.83. The number of amides is 1. The zero-order valence-electron chi connectivity index (χ0n) is 20.6. The van der Waals surface area contributed by atoms with Crippen LogP contribution in [0.5, 0.6) is 5.75 Å². The summed E-state index contributed by atoms with van der Waals surface area (Å²) in [5.74, 6) is -1.90. The number of carbonyl (C=O) groups excluding carboxylic acids is 1. The molecule has 2 aromatic carbocycles. The van der Waals surface area contributed by atoms with Crippen molar-refractivity contribution in [2.24, 2.45) is 11.3 Å². The Morgan fingerprint density at radius 1 is 1.09 bits per heavy atom. The van der Waals surface area contributed by atoms with Crippen molar-refractivity contribution in [1.82, 2.24) is 4.90 Å². The fourth-order valence-electron chi connectivity index (χ4n) is 5.08. The number of likely N-dealkylation sites (tertiary alicyclic amines) is 1. The lowest BCUT2D eigenvalue weighted by Gasteiger charge is -2.27. The Morgan fingerprint density at radius 3 is 2.20 bits per heavy atom. The molecule has 1 heterocycles. The molecule has 9 heteroatoms. The second-order valence-electron chi connectivity index (χ2n) is 11.0. The minimum Gasteiger partial charge on any atom is -0.484 e. The van der Waals surface area contributed by atoms with Gasteiger partial charge >= 0.3 is 6.09 Å². The Morgan fingerprint density at radius 2 is 1.69 bits per heavy atom. The van der Waals surface area contributed by atoms with Gasteiger partial charge in [0, 0.05) is 19.3 Å². The quantitative estimate of drug-likeness (QED) is 0.550. The van der Waals surface area contributed by atoms with E-state index >= 15 is 0 Å². The molecule has 1 aliphatic heterocycles. The summed E-state index contributed by atoms with van der Waals surface area (Å²) >= 11 is 0. The van der Waals surface area contributed by atoms with E-state index in [4.69, 9.17) is 9.47 Å². The van der Waals surface area contributed by atoms with Crippen molar-refractivity contribution in [3.05, 3.63) is 48.0 Å². The van der Waals surface area contributed by atoms with Gasteiger partial charge in [-0.05, 0) is 80.3 Å². The van der Waals surface area contributed by atoms with Crippen LogP contribution in [-0.2, 0) is 14.6 Å². The molecule has 1 saturated carbocycles. The highest BCUT2D eigenvalue weighted by molar-refractivity contribution is 7.90. The van der Waals surface area contributed by atoms with Crippen molar-refractivity contribution in [2.45, 2.75) is 57.1 Å². The number of ether oxygens (including phenoxy) is 2. The number of fused-ring (bicyclic) bond motifs is 1. The summed E-state index contributed by atoms with van der Waals surface area (Å²) in [5.41, 5.74) is -0.00347. The van der Waals surface area contributed by atoms with Gasteiger partial charge in [-0.1, -0.05) is 19.1 Å². The molecule has 0 bridgehead atoms. The average molecular weight is 508 g/mol. The molecule has 2 fully saturated rings. The molecule has 1 saturated heterocycles. The normalized spacial score (nSPS) is 24.4. The monoisotopic (exact) mass is 507 g/mol. The third-order valence-electron chi connectivity index (χ3n) is 6.77. The van der Waals surface area contributed by atoms with Gasteiger partial charge in [0.15, 0.2) is 27.2 Å². The molecule has 2 aromatic rings. The fourth-order valence-corrected chi connectivity index (χ4v) is 5.71. The van der Waals surface area contributed by atoms with Crippen LogP contribution in [0.2, 0.25) is 0 Å². The summed E-state index contributed by atoms with van der Waals surface area (Å²) in [6, 6.07) is 8.22. The molecule has 1 amide bonds. The van der Waals surface area contributed by atoms with E-state index < -0.39 is 32.8 Å². The lowest BCUT2D eigenvalue weighted by molar-refractivity contribution is 0.0258. The number of rotatable bonds is 4. The van der Waals surface area contributed by atoms with E-state index in [-0.39, 0.29) is 34.0 Å². The van der Waals surface area contributed by atoms with Gasteiger partial charge < -0.3 is 14.4 Å². The molecule has 190 valence electrons. The van der Waals surface area contributed by atoms with Crippen LogP contribution >= 0.6 is 0 Å². The van der Waals surface area contributed by atoms with E-state index in [1.165, 1.54) is 36.4 Å². The first kappa shape index (κ1) is 25.4.